The van der Waals surface area contributed by atoms with Crippen LogP contribution in [0, 0.1) is 0 Å². The molecule has 2 atom stereocenters. The van der Waals surface area contributed by atoms with E-state index in [1.54, 1.807) is 50.5 Å². The Morgan fingerprint density at radius 1 is 0.714 bits per heavy atom. The summed E-state index contributed by atoms with van der Waals surface area (Å²) in [5, 5.41) is 3.41. The maximum atomic E-state index is 13.8. The SMILES string of the molecule is COc1ccc2c(c1)CN1C(=O)c3cc(OC)c(OCCCOc4cc5c(cc4OC)C(=O)N4C=C(c6ccc(NC(C)C)cc6)CC4C=N5)cc3N=C[C@@H]1C2. The molecule has 1 N–H and O–H groups in total. The van der Waals surface area contributed by atoms with Crippen LogP contribution in [0.4, 0.5) is 17.1 Å². The summed E-state index contributed by atoms with van der Waals surface area (Å²) in [5.41, 5.74) is 7.42. The highest BCUT2D eigenvalue weighted by Gasteiger charge is 2.35. The topological polar surface area (TPSA) is 124 Å². The molecule has 0 saturated heterocycles. The Bertz CT molecular complexity index is 2260. The number of nitrogens with zero attached hydrogens (tertiary/aromatic N) is 4. The summed E-state index contributed by atoms with van der Waals surface area (Å²) in [6, 6.07) is 21.2. The highest BCUT2D eigenvalue weighted by atomic mass is 16.5. The number of nitrogens with one attached hydrogen (secondary N) is 1. The number of hydrogen-bond donors (Lipinski definition) is 1. The van der Waals surface area contributed by atoms with Crippen LogP contribution in [0.3, 0.4) is 0 Å². The number of anilines is 1. The van der Waals surface area contributed by atoms with Crippen LogP contribution >= 0.6 is 0 Å². The van der Waals surface area contributed by atoms with Crippen LogP contribution in [-0.4, -0.2) is 86.7 Å². The molecule has 4 heterocycles. The van der Waals surface area contributed by atoms with Gasteiger partial charge >= 0.3 is 0 Å². The molecule has 0 saturated carbocycles. The van der Waals surface area contributed by atoms with Crippen LogP contribution in [0.5, 0.6) is 28.7 Å². The quantitative estimate of drug-likeness (QED) is 0.147. The van der Waals surface area contributed by atoms with Gasteiger partial charge < -0.3 is 38.8 Å². The second kappa shape index (κ2) is 15.4. The second-order valence-corrected chi connectivity index (χ2v) is 14.5. The van der Waals surface area contributed by atoms with E-state index in [2.05, 4.69) is 49.5 Å². The highest BCUT2D eigenvalue weighted by molar-refractivity contribution is 6.06. The monoisotopic (exact) mass is 755 g/mol. The predicted molar refractivity (Wildman–Crippen MR) is 216 cm³/mol. The van der Waals surface area contributed by atoms with E-state index in [4.69, 9.17) is 33.7 Å². The Labute approximate surface area is 326 Å². The zero-order valence-corrected chi connectivity index (χ0v) is 32.2. The van der Waals surface area contributed by atoms with Gasteiger partial charge in [-0.2, -0.15) is 0 Å². The van der Waals surface area contributed by atoms with Gasteiger partial charge in [-0.1, -0.05) is 18.2 Å². The highest BCUT2D eigenvalue weighted by Crippen LogP contribution is 2.41. The number of hydrogen-bond acceptors (Lipinski definition) is 10. The summed E-state index contributed by atoms with van der Waals surface area (Å²) >= 11 is 0. The van der Waals surface area contributed by atoms with Crippen molar-refractivity contribution in [3.8, 4) is 28.7 Å². The lowest BCUT2D eigenvalue weighted by Crippen LogP contribution is -2.44. The van der Waals surface area contributed by atoms with Gasteiger partial charge in [-0.25, -0.2) is 0 Å². The Hall–Kier alpha value is -6.30. The molecule has 56 heavy (non-hydrogen) atoms. The third-order valence-electron chi connectivity index (χ3n) is 10.5. The molecule has 0 aromatic heterocycles. The lowest BCUT2D eigenvalue weighted by Gasteiger charge is -2.34. The summed E-state index contributed by atoms with van der Waals surface area (Å²) in [4.78, 5) is 40.7. The van der Waals surface area contributed by atoms with Crippen molar-refractivity contribution in [1.82, 2.24) is 9.80 Å². The van der Waals surface area contributed by atoms with E-state index in [0.717, 1.165) is 28.1 Å². The number of amides is 2. The van der Waals surface area contributed by atoms with Crippen molar-refractivity contribution in [3.05, 3.63) is 101 Å². The minimum absolute atomic E-state index is 0.114. The first-order valence-electron chi connectivity index (χ1n) is 18.9. The number of carbonyl (C=O) groups excluding carboxylic acids is 2. The molecule has 12 heteroatoms. The molecule has 4 aromatic carbocycles. The predicted octanol–water partition coefficient (Wildman–Crippen LogP) is 7.64. The molecule has 0 aliphatic carbocycles. The standard InChI is InChI=1S/C44H45N5O7/c1-26(2)47-31-10-7-27(8-11-31)29-16-33-23-46-38-21-42(39(53-4)18-35(38)43(50)48(33)24-29)56-14-6-13-55-41-20-37-36(19-40(41)54-5)44(51)49-25-30-17-34(52-3)12-9-28(30)15-32(49)22-45-37/h7-12,17-24,26,32-33,47H,6,13-16,25H2,1-5H3/t32-,33?/m0/s1. The molecular weight excluding hydrogens is 711 g/mol. The van der Waals surface area contributed by atoms with E-state index in [1.807, 2.05) is 35.7 Å². The average Bonchev–Trinajstić information content (AvgIpc) is 3.54. The van der Waals surface area contributed by atoms with Crippen molar-refractivity contribution >= 4 is 46.9 Å². The van der Waals surface area contributed by atoms with Crippen molar-refractivity contribution in [2.24, 2.45) is 9.98 Å². The Morgan fingerprint density at radius 3 is 1.98 bits per heavy atom. The van der Waals surface area contributed by atoms with Crippen LogP contribution in [-0.2, 0) is 13.0 Å². The molecule has 12 nitrogen and oxygen atoms in total. The summed E-state index contributed by atoms with van der Waals surface area (Å²) in [6.45, 7) is 5.30. The third-order valence-corrected chi connectivity index (χ3v) is 10.5. The molecular formula is C44H45N5O7. The smallest absolute Gasteiger partial charge is 0.260 e. The molecule has 8 rings (SSSR count). The first kappa shape index (κ1) is 36.7. The summed E-state index contributed by atoms with van der Waals surface area (Å²) in [5.74, 6) is 2.36. The van der Waals surface area contributed by atoms with E-state index < -0.39 is 0 Å². The average molecular weight is 756 g/mol. The lowest BCUT2D eigenvalue weighted by atomic mass is 9.94. The van der Waals surface area contributed by atoms with E-state index in [0.29, 0.717) is 90.6 Å². The fraction of sp³-hybridized carbons (Fsp3) is 0.318. The first-order valence-corrected chi connectivity index (χ1v) is 18.9. The molecule has 0 fully saturated rings. The normalized spacial score (nSPS) is 17.9. The molecule has 0 bridgehead atoms. The first-order chi connectivity index (χ1) is 27.2. The number of methoxy groups -OCH3 is 3. The minimum atomic E-state index is -0.192. The van der Waals surface area contributed by atoms with Gasteiger partial charge in [-0.05, 0) is 78.9 Å². The summed E-state index contributed by atoms with van der Waals surface area (Å²) < 4.78 is 29.0. The molecule has 2 amide bonds. The van der Waals surface area contributed by atoms with Crippen LogP contribution in [0.15, 0.2) is 82.9 Å². The minimum Gasteiger partial charge on any atom is -0.497 e. The summed E-state index contributed by atoms with van der Waals surface area (Å²) in [7, 11) is 4.74. The number of aliphatic imine (C=N–C) groups is 2. The van der Waals surface area contributed by atoms with Gasteiger partial charge in [0.15, 0.2) is 23.0 Å². The van der Waals surface area contributed by atoms with Crippen LogP contribution in [0.2, 0.25) is 0 Å². The van der Waals surface area contributed by atoms with Crippen molar-refractivity contribution < 1.29 is 33.3 Å². The van der Waals surface area contributed by atoms with Gasteiger partial charge in [-0.3, -0.25) is 19.6 Å². The van der Waals surface area contributed by atoms with Gasteiger partial charge in [0.2, 0.25) is 0 Å². The van der Waals surface area contributed by atoms with Gasteiger partial charge in [-0.15, -0.1) is 0 Å². The number of carbonyl (C=O) groups is 2. The maximum Gasteiger partial charge on any atom is 0.260 e. The molecule has 4 aliphatic heterocycles. The van der Waals surface area contributed by atoms with E-state index >= 15 is 0 Å². The Balaban J connectivity index is 0.907. The second-order valence-electron chi connectivity index (χ2n) is 14.5. The summed E-state index contributed by atoms with van der Waals surface area (Å²) in [6.07, 6.45) is 7.47. The van der Waals surface area contributed by atoms with Crippen molar-refractivity contribution in [3.63, 3.8) is 0 Å². The van der Waals surface area contributed by atoms with Gasteiger partial charge in [0.1, 0.15) is 5.75 Å². The van der Waals surface area contributed by atoms with Crippen molar-refractivity contribution in [2.45, 2.75) is 57.8 Å². The molecule has 1 unspecified atom stereocenters. The molecule has 0 spiro atoms. The van der Waals surface area contributed by atoms with E-state index in [1.165, 1.54) is 5.56 Å². The van der Waals surface area contributed by atoms with Crippen LogP contribution < -0.4 is 29.0 Å². The zero-order valence-electron chi connectivity index (χ0n) is 32.2. The fourth-order valence-electron chi connectivity index (χ4n) is 7.60. The number of fused-ring (bicyclic) bond motifs is 5. The maximum absolute atomic E-state index is 13.8. The van der Waals surface area contributed by atoms with Gasteiger partial charge in [0.25, 0.3) is 11.8 Å². The Kier molecular flexibility index (Phi) is 10.1. The lowest BCUT2D eigenvalue weighted by molar-refractivity contribution is 0.0702. The molecule has 0 radical (unpaired) electrons. The fourth-order valence-corrected chi connectivity index (χ4v) is 7.60. The number of benzene rings is 4. The number of ether oxygens (including phenoxy) is 5. The van der Waals surface area contributed by atoms with E-state index in [-0.39, 0.29) is 23.9 Å². The largest absolute Gasteiger partial charge is 0.497 e. The molecule has 4 aliphatic rings. The number of rotatable bonds is 12. The third kappa shape index (κ3) is 7.14. The van der Waals surface area contributed by atoms with Crippen LogP contribution in [0.1, 0.15) is 64.1 Å². The zero-order chi connectivity index (χ0) is 38.9. The molecule has 4 aromatic rings. The van der Waals surface area contributed by atoms with Gasteiger partial charge in [0, 0.05) is 61.9 Å². The molecule has 288 valence electrons. The Morgan fingerprint density at radius 2 is 1.36 bits per heavy atom. The van der Waals surface area contributed by atoms with Crippen LogP contribution in [0.25, 0.3) is 5.57 Å². The van der Waals surface area contributed by atoms with Crippen molar-refractivity contribution in [2.75, 3.05) is 39.9 Å². The van der Waals surface area contributed by atoms with E-state index in [9.17, 15) is 9.59 Å². The van der Waals surface area contributed by atoms with Gasteiger partial charge in [0.05, 0.1) is 69.1 Å². The van der Waals surface area contributed by atoms with Crippen molar-refractivity contribution in [1.29, 1.82) is 0 Å².